The van der Waals surface area contributed by atoms with Crippen molar-refractivity contribution in [2.75, 3.05) is 40.6 Å². The van der Waals surface area contributed by atoms with Crippen molar-refractivity contribution in [2.45, 2.75) is 18.2 Å². The molecule has 28 heavy (non-hydrogen) atoms. The molecule has 1 fully saturated rings. The molecule has 1 N–H and O–H groups in total. The van der Waals surface area contributed by atoms with Crippen LogP contribution in [0.15, 0.2) is 47.4 Å². The number of hydrogen-bond acceptors (Lipinski definition) is 5. The third-order valence-electron chi connectivity index (χ3n) is 4.56. The van der Waals surface area contributed by atoms with Gasteiger partial charge in [-0.2, -0.15) is 11.8 Å². The molecule has 1 saturated heterocycles. The summed E-state index contributed by atoms with van der Waals surface area (Å²) in [6.45, 7) is 3.80. The number of nitrogens with one attached hydrogen (secondary N) is 1. The van der Waals surface area contributed by atoms with Crippen molar-refractivity contribution in [3.8, 4) is 0 Å². The zero-order valence-corrected chi connectivity index (χ0v) is 18.0. The van der Waals surface area contributed by atoms with Crippen LogP contribution >= 0.6 is 23.4 Å². The summed E-state index contributed by atoms with van der Waals surface area (Å²) in [5, 5.41) is 3.32. The molecular formula is C20H23ClN2O3S2. The molecule has 0 aliphatic carbocycles. The van der Waals surface area contributed by atoms with Crippen molar-refractivity contribution in [3.05, 3.63) is 53.1 Å². The molecule has 1 aliphatic heterocycles. The van der Waals surface area contributed by atoms with E-state index in [1.165, 1.54) is 0 Å². The Morgan fingerprint density at radius 2 is 1.82 bits per heavy atom. The van der Waals surface area contributed by atoms with Crippen molar-refractivity contribution in [1.29, 1.82) is 0 Å². The fourth-order valence-corrected chi connectivity index (χ4v) is 5.40. The first-order valence-corrected chi connectivity index (χ1v) is 12.3. The number of benzene rings is 2. The number of hydrogen-bond donors (Lipinski definition) is 1. The average Bonchev–Trinajstić information content (AvgIpc) is 2.68. The van der Waals surface area contributed by atoms with E-state index in [9.17, 15) is 13.2 Å². The van der Waals surface area contributed by atoms with E-state index in [0.717, 1.165) is 35.8 Å². The van der Waals surface area contributed by atoms with Crippen LogP contribution in [0, 0.1) is 6.92 Å². The number of anilines is 2. The second kappa shape index (κ2) is 9.20. The molecule has 0 saturated carbocycles. The number of aryl methyl sites for hydroxylation is 1. The molecule has 5 nitrogen and oxygen atoms in total. The minimum atomic E-state index is -3.49. The zero-order chi connectivity index (χ0) is 20.1. The monoisotopic (exact) mass is 438 g/mol. The summed E-state index contributed by atoms with van der Waals surface area (Å²) in [6, 6.07) is 12.0. The van der Waals surface area contributed by atoms with Gasteiger partial charge < -0.3 is 10.2 Å². The Morgan fingerprint density at radius 1 is 1.14 bits per heavy atom. The van der Waals surface area contributed by atoms with Crippen molar-refractivity contribution in [1.82, 2.24) is 0 Å². The van der Waals surface area contributed by atoms with Gasteiger partial charge in [0.25, 0.3) is 0 Å². The van der Waals surface area contributed by atoms with Crippen LogP contribution in [-0.4, -0.2) is 44.7 Å². The van der Waals surface area contributed by atoms with Gasteiger partial charge in [0.1, 0.15) is 0 Å². The van der Waals surface area contributed by atoms with Gasteiger partial charge in [0.05, 0.1) is 21.4 Å². The number of sulfone groups is 1. The predicted molar refractivity (Wildman–Crippen MR) is 117 cm³/mol. The molecule has 2 aromatic carbocycles. The largest absolute Gasteiger partial charge is 0.369 e. The first-order valence-electron chi connectivity index (χ1n) is 9.07. The number of thioether (sulfide) groups is 1. The van der Waals surface area contributed by atoms with Crippen LogP contribution in [-0.2, 0) is 14.6 Å². The maximum Gasteiger partial charge on any atom is 0.225 e. The summed E-state index contributed by atoms with van der Waals surface area (Å²) in [7, 11) is -3.49. The Kier molecular flexibility index (Phi) is 6.91. The van der Waals surface area contributed by atoms with Crippen LogP contribution in [0.2, 0.25) is 5.02 Å². The number of carbonyl (C=O) groups excluding carboxylic acids is 1. The highest BCUT2D eigenvalue weighted by molar-refractivity contribution is 7.99. The SMILES string of the molecule is Cc1ccc(S(=O)(=O)CCC(=O)Nc2ccc(N3CCSCC3)c(Cl)c2)cc1. The molecule has 0 spiro atoms. The van der Waals surface area contributed by atoms with E-state index < -0.39 is 9.84 Å². The topological polar surface area (TPSA) is 66.5 Å². The Bertz CT molecular complexity index is 940. The molecule has 2 aromatic rings. The first kappa shape index (κ1) is 21.0. The van der Waals surface area contributed by atoms with Crippen LogP contribution < -0.4 is 10.2 Å². The minimum Gasteiger partial charge on any atom is -0.369 e. The Morgan fingerprint density at radius 3 is 2.46 bits per heavy atom. The molecular weight excluding hydrogens is 416 g/mol. The average molecular weight is 439 g/mol. The van der Waals surface area contributed by atoms with Crippen molar-refractivity contribution in [2.24, 2.45) is 0 Å². The van der Waals surface area contributed by atoms with Crippen molar-refractivity contribution in [3.63, 3.8) is 0 Å². The summed E-state index contributed by atoms with van der Waals surface area (Å²) < 4.78 is 24.7. The number of rotatable bonds is 6. The fourth-order valence-electron chi connectivity index (χ4n) is 2.96. The van der Waals surface area contributed by atoms with Gasteiger partial charge in [0, 0.05) is 36.7 Å². The molecule has 8 heteroatoms. The second-order valence-corrected chi connectivity index (χ2v) is 10.4. The summed E-state index contributed by atoms with van der Waals surface area (Å²) >= 11 is 8.32. The second-order valence-electron chi connectivity index (χ2n) is 6.70. The molecule has 1 heterocycles. The standard InChI is InChI=1S/C20H23ClN2O3S2/c1-15-2-5-17(6-3-15)28(25,26)13-8-20(24)22-16-4-7-19(18(21)14-16)23-9-11-27-12-10-23/h2-7,14H,8-13H2,1H3,(H,22,24). The van der Waals surface area contributed by atoms with Gasteiger partial charge in [-0.05, 0) is 37.3 Å². The molecule has 0 atom stereocenters. The van der Waals surface area contributed by atoms with Gasteiger partial charge in [0.2, 0.25) is 5.91 Å². The molecule has 1 amide bonds. The highest BCUT2D eigenvalue weighted by Crippen LogP contribution is 2.30. The Balaban J connectivity index is 1.58. The first-order chi connectivity index (χ1) is 13.3. The predicted octanol–water partition coefficient (Wildman–Crippen LogP) is 4.00. The Labute approximate surface area is 175 Å². The molecule has 3 rings (SSSR count). The van der Waals surface area contributed by atoms with Gasteiger partial charge in [-0.1, -0.05) is 29.3 Å². The van der Waals surface area contributed by atoms with Crippen molar-refractivity contribution < 1.29 is 13.2 Å². The number of carbonyl (C=O) groups is 1. The number of halogens is 1. The number of amides is 1. The van der Waals surface area contributed by atoms with Gasteiger partial charge in [0.15, 0.2) is 9.84 Å². The summed E-state index contributed by atoms with van der Waals surface area (Å²) in [5.74, 6) is 1.56. The van der Waals surface area contributed by atoms with E-state index >= 15 is 0 Å². The molecule has 0 aromatic heterocycles. The van der Waals surface area contributed by atoms with Gasteiger partial charge >= 0.3 is 0 Å². The van der Waals surface area contributed by atoms with E-state index in [-0.39, 0.29) is 23.0 Å². The third kappa shape index (κ3) is 5.43. The Hall–Kier alpha value is -1.70. The van der Waals surface area contributed by atoms with E-state index in [4.69, 9.17) is 11.6 Å². The molecule has 0 unspecified atom stereocenters. The molecule has 0 bridgehead atoms. The van der Waals surface area contributed by atoms with Crippen LogP contribution in [0.25, 0.3) is 0 Å². The summed E-state index contributed by atoms with van der Waals surface area (Å²) in [5.41, 5.74) is 2.51. The smallest absolute Gasteiger partial charge is 0.225 e. The highest BCUT2D eigenvalue weighted by Gasteiger charge is 2.18. The summed E-state index contributed by atoms with van der Waals surface area (Å²) in [4.78, 5) is 14.7. The lowest BCUT2D eigenvalue weighted by atomic mass is 10.2. The van der Waals surface area contributed by atoms with E-state index in [0.29, 0.717) is 10.7 Å². The summed E-state index contributed by atoms with van der Waals surface area (Å²) in [6.07, 6.45) is -0.112. The quantitative estimate of drug-likeness (QED) is 0.738. The molecule has 150 valence electrons. The van der Waals surface area contributed by atoms with E-state index in [1.807, 2.05) is 24.8 Å². The van der Waals surface area contributed by atoms with Gasteiger partial charge in [-0.25, -0.2) is 8.42 Å². The zero-order valence-electron chi connectivity index (χ0n) is 15.7. The maximum atomic E-state index is 12.4. The highest BCUT2D eigenvalue weighted by atomic mass is 35.5. The lowest BCUT2D eigenvalue weighted by molar-refractivity contribution is -0.115. The third-order valence-corrected chi connectivity index (χ3v) is 7.54. The van der Waals surface area contributed by atoms with Crippen LogP contribution in [0.3, 0.4) is 0 Å². The normalized spacial score (nSPS) is 14.7. The number of nitrogens with zero attached hydrogens (tertiary/aromatic N) is 1. The lowest BCUT2D eigenvalue weighted by Crippen LogP contribution is -2.32. The lowest BCUT2D eigenvalue weighted by Gasteiger charge is -2.29. The van der Waals surface area contributed by atoms with Crippen LogP contribution in [0.1, 0.15) is 12.0 Å². The van der Waals surface area contributed by atoms with E-state index in [1.54, 1.807) is 36.4 Å². The minimum absolute atomic E-state index is 0.112. The van der Waals surface area contributed by atoms with Crippen molar-refractivity contribution >= 4 is 50.5 Å². The van der Waals surface area contributed by atoms with E-state index in [2.05, 4.69) is 10.2 Å². The van der Waals surface area contributed by atoms with Gasteiger partial charge in [-0.3, -0.25) is 4.79 Å². The maximum absolute atomic E-state index is 12.4. The molecule has 0 radical (unpaired) electrons. The van der Waals surface area contributed by atoms with Crippen LogP contribution in [0.5, 0.6) is 0 Å². The molecule has 1 aliphatic rings. The van der Waals surface area contributed by atoms with Gasteiger partial charge in [-0.15, -0.1) is 0 Å². The van der Waals surface area contributed by atoms with Crippen LogP contribution in [0.4, 0.5) is 11.4 Å². The fraction of sp³-hybridized carbons (Fsp3) is 0.350.